The molecule has 2 fully saturated rings. The maximum atomic E-state index is 13.9. The second-order valence-corrected chi connectivity index (χ2v) is 5.79. The number of carbonyl (C=O) groups excluding carboxylic acids is 1. The second-order valence-electron chi connectivity index (χ2n) is 5.79. The molecule has 2 atom stereocenters. The minimum absolute atomic E-state index is 0.0320. The smallest absolute Gasteiger partial charge is 0.223 e. The molecule has 0 bridgehead atoms. The highest BCUT2D eigenvalue weighted by molar-refractivity contribution is 5.97. The lowest BCUT2D eigenvalue weighted by molar-refractivity contribution is -0.123. The van der Waals surface area contributed by atoms with E-state index in [1.807, 2.05) is 0 Å². The van der Waals surface area contributed by atoms with Crippen LogP contribution in [0.1, 0.15) is 30.4 Å². The van der Waals surface area contributed by atoms with Gasteiger partial charge in [-0.3, -0.25) is 4.79 Å². The Morgan fingerprint density at radius 3 is 2.76 bits per heavy atom. The molecule has 2 saturated carbocycles. The van der Waals surface area contributed by atoms with E-state index >= 15 is 0 Å². The van der Waals surface area contributed by atoms with E-state index in [0.29, 0.717) is 23.0 Å². The summed E-state index contributed by atoms with van der Waals surface area (Å²) in [7, 11) is 0. The number of rotatable bonds is 4. The van der Waals surface area contributed by atoms with Crippen LogP contribution in [0.3, 0.4) is 0 Å². The van der Waals surface area contributed by atoms with Crippen molar-refractivity contribution in [2.75, 3.05) is 0 Å². The third-order valence-electron chi connectivity index (χ3n) is 4.62. The Labute approximate surface area is 122 Å². The Morgan fingerprint density at radius 1 is 1.43 bits per heavy atom. The first-order chi connectivity index (χ1) is 10.1. The van der Waals surface area contributed by atoms with Crippen molar-refractivity contribution in [3.8, 4) is 0 Å². The highest BCUT2D eigenvalue weighted by atomic mass is 19.1. The first kappa shape index (κ1) is 13.9. The number of amides is 1. The maximum Gasteiger partial charge on any atom is 0.223 e. The molecule has 2 aliphatic rings. The Morgan fingerprint density at radius 2 is 2.14 bits per heavy atom. The maximum absolute atomic E-state index is 13.9. The molecule has 0 aliphatic heterocycles. The van der Waals surface area contributed by atoms with Gasteiger partial charge in [-0.05, 0) is 30.7 Å². The van der Waals surface area contributed by atoms with Gasteiger partial charge < -0.3 is 16.3 Å². The number of carbonyl (C=O) groups is 1. The molecule has 5 nitrogen and oxygen atoms in total. The minimum Gasteiger partial charge on any atom is -0.409 e. The van der Waals surface area contributed by atoms with Crippen LogP contribution < -0.4 is 11.1 Å². The molecule has 4 N–H and O–H groups in total. The molecule has 1 aromatic rings. The molecule has 1 aromatic carbocycles. The summed E-state index contributed by atoms with van der Waals surface area (Å²) in [5, 5.41) is 14.2. The van der Waals surface area contributed by atoms with E-state index in [2.05, 4.69) is 10.5 Å². The molecule has 0 aromatic heterocycles. The van der Waals surface area contributed by atoms with Gasteiger partial charge in [0, 0.05) is 23.6 Å². The molecule has 0 spiro atoms. The van der Waals surface area contributed by atoms with E-state index < -0.39 is 5.82 Å². The molecular weight excluding hydrogens is 273 g/mol. The van der Waals surface area contributed by atoms with Crippen LogP contribution in [0.4, 0.5) is 4.39 Å². The van der Waals surface area contributed by atoms with Gasteiger partial charge in [0.15, 0.2) is 5.84 Å². The molecule has 2 aliphatic carbocycles. The van der Waals surface area contributed by atoms with E-state index in [4.69, 9.17) is 10.9 Å². The van der Waals surface area contributed by atoms with Gasteiger partial charge in [0.1, 0.15) is 5.82 Å². The van der Waals surface area contributed by atoms with Gasteiger partial charge in [-0.2, -0.15) is 0 Å². The summed E-state index contributed by atoms with van der Waals surface area (Å²) in [5.41, 5.74) is 6.10. The number of oxime groups is 1. The number of benzene rings is 1. The molecule has 0 radical (unpaired) electrons. The summed E-state index contributed by atoms with van der Waals surface area (Å²) in [6, 6.07) is 4.30. The van der Waals surface area contributed by atoms with Crippen molar-refractivity contribution in [1.82, 2.24) is 5.32 Å². The Balaban J connectivity index is 1.59. The standard InChI is InChI=1S/C15H18FN3O2/c16-12-6-8(14(17)19-21)4-5-9(12)7-18-15(20)13-10-2-1-3-11(10)13/h4-6,10-11,13,21H,1-3,7H2,(H2,17,19)(H,18,20). The third-order valence-corrected chi connectivity index (χ3v) is 4.62. The lowest BCUT2D eigenvalue weighted by Crippen LogP contribution is -2.26. The number of hydrogen-bond donors (Lipinski definition) is 3. The van der Waals surface area contributed by atoms with E-state index in [9.17, 15) is 9.18 Å². The van der Waals surface area contributed by atoms with Gasteiger partial charge in [0.05, 0.1) is 0 Å². The molecule has 2 unspecified atom stereocenters. The predicted octanol–water partition coefficient (Wildman–Crippen LogP) is 1.58. The average Bonchev–Trinajstić information content (AvgIpc) is 2.97. The van der Waals surface area contributed by atoms with Crippen molar-refractivity contribution in [3.63, 3.8) is 0 Å². The summed E-state index contributed by atoms with van der Waals surface area (Å²) < 4.78 is 13.9. The second kappa shape index (κ2) is 5.35. The molecule has 1 amide bonds. The number of fused-ring (bicyclic) bond motifs is 1. The van der Waals surface area contributed by atoms with Crippen LogP contribution in [-0.2, 0) is 11.3 Å². The molecular formula is C15H18FN3O2. The summed E-state index contributed by atoms with van der Waals surface area (Å²) >= 11 is 0. The first-order valence-corrected chi connectivity index (χ1v) is 7.16. The Kier molecular flexibility index (Phi) is 3.53. The topological polar surface area (TPSA) is 87.7 Å². The van der Waals surface area contributed by atoms with E-state index in [1.165, 1.54) is 18.6 Å². The fraction of sp³-hybridized carbons (Fsp3) is 0.467. The molecule has 6 heteroatoms. The van der Waals surface area contributed by atoms with Gasteiger partial charge in [0.2, 0.25) is 5.91 Å². The molecule has 112 valence electrons. The number of amidine groups is 1. The zero-order valence-electron chi connectivity index (χ0n) is 11.6. The van der Waals surface area contributed by atoms with E-state index in [1.54, 1.807) is 6.07 Å². The zero-order chi connectivity index (χ0) is 15.0. The van der Waals surface area contributed by atoms with Crippen LogP contribution in [0.2, 0.25) is 0 Å². The molecule has 21 heavy (non-hydrogen) atoms. The molecule has 3 rings (SSSR count). The first-order valence-electron chi connectivity index (χ1n) is 7.16. The quantitative estimate of drug-likeness (QED) is 0.340. The average molecular weight is 291 g/mol. The van der Waals surface area contributed by atoms with Crippen molar-refractivity contribution < 1.29 is 14.4 Å². The van der Waals surface area contributed by atoms with Crippen molar-refractivity contribution in [3.05, 3.63) is 35.1 Å². The fourth-order valence-corrected chi connectivity index (χ4v) is 3.42. The highest BCUT2D eigenvalue weighted by Gasteiger charge is 2.56. The van der Waals surface area contributed by atoms with Crippen LogP contribution in [0.5, 0.6) is 0 Å². The normalized spacial score (nSPS) is 27.3. The SMILES string of the molecule is N/C(=N/O)c1ccc(CNC(=O)C2C3CCCC32)c(F)c1. The van der Waals surface area contributed by atoms with Crippen LogP contribution >= 0.6 is 0 Å². The number of nitrogens with two attached hydrogens (primary N) is 1. The minimum atomic E-state index is -0.476. The summed E-state index contributed by atoms with van der Waals surface area (Å²) in [6.07, 6.45) is 3.51. The number of nitrogens with zero attached hydrogens (tertiary/aromatic N) is 1. The van der Waals surface area contributed by atoms with Crippen molar-refractivity contribution in [2.45, 2.75) is 25.8 Å². The fourth-order valence-electron chi connectivity index (χ4n) is 3.42. The monoisotopic (exact) mass is 291 g/mol. The third kappa shape index (κ3) is 2.57. The van der Waals surface area contributed by atoms with Crippen LogP contribution in [-0.4, -0.2) is 17.0 Å². The Hall–Kier alpha value is -2.11. The van der Waals surface area contributed by atoms with Crippen molar-refractivity contribution >= 4 is 11.7 Å². The van der Waals surface area contributed by atoms with Crippen molar-refractivity contribution in [2.24, 2.45) is 28.6 Å². The number of halogens is 1. The lowest BCUT2D eigenvalue weighted by atomic mass is 10.1. The summed E-state index contributed by atoms with van der Waals surface area (Å²) in [6.45, 7) is 0.164. The largest absolute Gasteiger partial charge is 0.409 e. The van der Waals surface area contributed by atoms with Gasteiger partial charge in [0.25, 0.3) is 0 Å². The summed E-state index contributed by atoms with van der Waals surface area (Å²) in [5.74, 6) is 0.657. The van der Waals surface area contributed by atoms with Crippen molar-refractivity contribution in [1.29, 1.82) is 0 Å². The molecule has 0 heterocycles. The van der Waals surface area contributed by atoms with Crippen LogP contribution in [0, 0.1) is 23.6 Å². The van der Waals surface area contributed by atoms with Gasteiger partial charge >= 0.3 is 0 Å². The van der Waals surface area contributed by atoms with Crippen LogP contribution in [0.15, 0.2) is 23.4 Å². The van der Waals surface area contributed by atoms with E-state index in [0.717, 1.165) is 12.8 Å². The van der Waals surface area contributed by atoms with Gasteiger partial charge in [-0.25, -0.2) is 4.39 Å². The number of hydrogen-bond acceptors (Lipinski definition) is 3. The van der Waals surface area contributed by atoms with Gasteiger partial charge in [-0.15, -0.1) is 0 Å². The lowest BCUT2D eigenvalue weighted by Gasteiger charge is -2.08. The van der Waals surface area contributed by atoms with E-state index in [-0.39, 0.29) is 24.2 Å². The number of nitrogens with one attached hydrogen (secondary N) is 1. The summed E-state index contributed by atoms with van der Waals surface area (Å²) in [4.78, 5) is 12.0. The van der Waals surface area contributed by atoms with Crippen LogP contribution in [0.25, 0.3) is 0 Å². The predicted molar refractivity (Wildman–Crippen MR) is 75.1 cm³/mol. The highest BCUT2D eigenvalue weighted by Crippen LogP contribution is 2.57. The van der Waals surface area contributed by atoms with Gasteiger partial charge in [-0.1, -0.05) is 23.7 Å². The molecule has 0 saturated heterocycles. The zero-order valence-corrected chi connectivity index (χ0v) is 11.6. The Bertz CT molecular complexity index is 593.